The summed E-state index contributed by atoms with van der Waals surface area (Å²) >= 11 is 0. The first-order valence-electron chi connectivity index (χ1n) is 13.6. The summed E-state index contributed by atoms with van der Waals surface area (Å²) in [5.74, 6) is 2.40. The molecule has 0 aromatic carbocycles. The smallest absolute Gasteiger partial charge is 0.138 e. The van der Waals surface area contributed by atoms with Gasteiger partial charge in [-0.1, -0.05) is 60.1 Å². The van der Waals surface area contributed by atoms with Gasteiger partial charge in [-0.2, -0.15) is 0 Å². The lowest BCUT2D eigenvalue weighted by Crippen LogP contribution is -2.62. The molecule has 0 aliphatic heterocycles. The maximum atomic E-state index is 12.9. The zero-order valence-electron chi connectivity index (χ0n) is 21.9. The van der Waals surface area contributed by atoms with E-state index in [1.807, 2.05) is 0 Å². The number of carbonyl (C=O) groups excluding carboxylic acids is 1. The molecule has 5 aliphatic rings. The van der Waals surface area contributed by atoms with Crippen molar-refractivity contribution in [2.24, 2.45) is 50.2 Å². The van der Waals surface area contributed by atoms with Crippen LogP contribution in [0.1, 0.15) is 113 Å². The standard InChI is InChI=1S/C30H48O2/c1-25(2)20-9-13-29(6)21-8-12-27(4)17-16-26(3,19-31)18-23(27)30(21,7)14-10-22(29)28(20,5)15-11-24(25)32/h8,20,22-23,31H,9-19H2,1-7H3/t20-,22+,23+,26+,27-,28-,29-,30+/m0/s1. The fraction of sp³-hybridized carbons (Fsp3) is 0.900. The highest BCUT2D eigenvalue weighted by atomic mass is 16.3. The number of carbonyl (C=O) groups is 1. The first kappa shape index (κ1) is 23.1. The van der Waals surface area contributed by atoms with Gasteiger partial charge in [-0.05, 0) is 103 Å². The molecule has 4 saturated carbocycles. The summed E-state index contributed by atoms with van der Waals surface area (Å²) in [7, 11) is 0. The molecule has 0 radical (unpaired) electrons. The van der Waals surface area contributed by atoms with Gasteiger partial charge in [0.25, 0.3) is 0 Å². The number of ketones is 1. The average Bonchev–Trinajstić information content (AvgIpc) is 2.72. The van der Waals surface area contributed by atoms with Gasteiger partial charge in [0, 0.05) is 18.4 Å². The molecule has 0 spiro atoms. The second-order valence-electron chi connectivity index (χ2n) is 14.9. The maximum Gasteiger partial charge on any atom is 0.138 e. The fourth-order valence-corrected chi connectivity index (χ4v) is 10.7. The molecule has 1 N–H and O–H groups in total. The summed E-state index contributed by atoms with van der Waals surface area (Å²) in [6.07, 6.45) is 14.4. The Balaban J connectivity index is 1.55. The summed E-state index contributed by atoms with van der Waals surface area (Å²) in [4.78, 5) is 12.9. The van der Waals surface area contributed by atoms with Crippen LogP contribution in [0.3, 0.4) is 0 Å². The van der Waals surface area contributed by atoms with Crippen molar-refractivity contribution in [1.82, 2.24) is 0 Å². The van der Waals surface area contributed by atoms with Crippen LogP contribution in [0.5, 0.6) is 0 Å². The van der Waals surface area contributed by atoms with Crippen LogP contribution in [0.25, 0.3) is 0 Å². The van der Waals surface area contributed by atoms with Crippen LogP contribution in [-0.2, 0) is 4.79 Å². The lowest BCUT2D eigenvalue weighted by atomic mass is 9.35. The number of Topliss-reactive ketones (excluding diaryl/α,β-unsaturated/α-hetero) is 1. The number of hydrogen-bond donors (Lipinski definition) is 1. The molecule has 2 nitrogen and oxygen atoms in total. The monoisotopic (exact) mass is 440 g/mol. The summed E-state index contributed by atoms with van der Waals surface area (Å²) in [6.45, 7) is 17.5. The largest absolute Gasteiger partial charge is 0.396 e. The van der Waals surface area contributed by atoms with Crippen molar-refractivity contribution >= 4 is 5.78 Å². The van der Waals surface area contributed by atoms with Crippen molar-refractivity contribution in [2.75, 3.05) is 6.61 Å². The molecule has 0 heterocycles. The third-order valence-corrected chi connectivity index (χ3v) is 12.7. The van der Waals surface area contributed by atoms with E-state index in [1.165, 1.54) is 51.4 Å². The van der Waals surface area contributed by atoms with Crippen LogP contribution < -0.4 is 0 Å². The van der Waals surface area contributed by atoms with E-state index >= 15 is 0 Å². The Morgan fingerprint density at radius 1 is 0.844 bits per heavy atom. The summed E-state index contributed by atoms with van der Waals surface area (Å²) in [6, 6.07) is 0. The van der Waals surface area contributed by atoms with Crippen molar-refractivity contribution in [3.05, 3.63) is 11.6 Å². The van der Waals surface area contributed by atoms with E-state index in [4.69, 9.17) is 0 Å². The maximum absolute atomic E-state index is 12.9. The highest BCUT2D eigenvalue weighted by Crippen LogP contribution is 2.74. The first-order valence-corrected chi connectivity index (χ1v) is 13.6. The van der Waals surface area contributed by atoms with Crippen LogP contribution in [0.2, 0.25) is 0 Å². The molecule has 5 rings (SSSR count). The summed E-state index contributed by atoms with van der Waals surface area (Å²) in [5, 5.41) is 10.2. The minimum atomic E-state index is -0.166. The van der Waals surface area contributed by atoms with E-state index in [2.05, 4.69) is 54.5 Å². The van der Waals surface area contributed by atoms with Crippen LogP contribution in [-0.4, -0.2) is 17.5 Å². The van der Waals surface area contributed by atoms with E-state index in [1.54, 1.807) is 5.57 Å². The van der Waals surface area contributed by atoms with Gasteiger partial charge in [-0.15, -0.1) is 0 Å². The van der Waals surface area contributed by atoms with Crippen LogP contribution in [0.15, 0.2) is 11.6 Å². The van der Waals surface area contributed by atoms with Gasteiger partial charge >= 0.3 is 0 Å². The highest BCUT2D eigenvalue weighted by molar-refractivity contribution is 5.85. The van der Waals surface area contributed by atoms with Crippen molar-refractivity contribution in [1.29, 1.82) is 0 Å². The highest BCUT2D eigenvalue weighted by Gasteiger charge is 2.66. The lowest BCUT2D eigenvalue weighted by Gasteiger charge is -2.69. The molecule has 0 saturated heterocycles. The quantitative estimate of drug-likeness (QED) is 0.433. The molecule has 0 aromatic rings. The molecule has 180 valence electrons. The summed E-state index contributed by atoms with van der Waals surface area (Å²) < 4.78 is 0. The Morgan fingerprint density at radius 3 is 2.12 bits per heavy atom. The van der Waals surface area contributed by atoms with Crippen molar-refractivity contribution in [3.63, 3.8) is 0 Å². The van der Waals surface area contributed by atoms with Gasteiger partial charge < -0.3 is 5.11 Å². The van der Waals surface area contributed by atoms with Crippen molar-refractivity contribution < 1.29 is 9.90 Å². The van der Waals surface area contributed by atoms with Crippen LogP contribution in [0, 0.1) is 50.2 Å². The zero-order valence-corrected chi connectivity index (χ0v) is 21.9. The van der Waals surface area contributed by atoms with E-state index in [9.17, 15) is 9.90 Å². The van der Waals surface area contributed by atoms with Gasteiger partial charge in [0.15, 0.2) is 0 Å². The molecular weight excluding hydrogens is 392 g/mol. The molecule has 2 heteroatoms. The molecule has 0 bridgehead atoms. The Bertz CT molecular complexity index is 855. The molecule has 5 aliphatic carbocycles. The normalized spacial score (nSPS) is 54.6. The van der Waals surface area contributed by atoms with E-state index < -0.39 is 0 Å². The molecule has 8 atom stereocenters. The molecule has 0 amide bonds. The Hall–Kier alpha value is -0.630. The first-order chi connectivity index (χ1) is 14.8. The van der Waals surface area contributed by atoms with Gasteiger partial charge in [0.2, 0.25) is 0 Å². The second kappa shape index (κ2) is 6.73. The molecule has 32 heavy (non-hydrogen) atoms. The zero-order chi connectivity index (χ0) is 23.4. The average molecular weight is 441 g/mol. The topological polar surface area (TPSA) is 37.3 Å². The summed E-state index contributed by atoms with van der Waals surface area (Å²) in [5.41, 5.74) is 2.89. The minimum absolute atomic E-state index is 0.0881. The number of allylic oxidation sites excluding steroid dienone is 2. The SMILES string of the molecule is CC1(C)C(=O)CC[C@]2(C)[C@H]3CC[C@]4(C)C(=CC[C@@]5(C)CC[C@@](C)(CO)C[C@H]54)[C@]3(C)CC[C@@H]12. The Kier molecular flexibility index (Phi) is 4.87. The van der Waals surface area contributed by atoms with Crippen molar-refractivity contribution in [3.8, 4) is 0 Å². The van der Waals surface area contributed by atoms with Gasteiger partial charge in [0.05, 0.1) is 0 Å². The number of aliphatic hydroxyl groups is 1. The van der Waals surface area contributed by atoms with Crippen LogP contribution >= 0.6 is 0 Å². The van der Waals surface area contributed by atoms with Crippen molar-refractivity contribution in [2.45, 2.75) is 113 Å². The fourth-order valence-electron chi connectivity index (χ4n) is 10.7. The van der Waals surface area contributed by atoms with E-state index in [-0.39, 0.29) is 27.1 Å². The van der Waals surface area contributed by atoms with Gasteiger partial charge in [-0.3, -0.25) is 4.79 Å². The number of aliphatic hydroxyl groups excluding tert-OH is 1. The van der Waals surface area contributed by atoms with E-state index in [0.717, 1.165) is 12.8 Å². The van der Waals surface area contributed by atoms with Crippen LogP contribution in [0.4, 0.5) is 0 Å². The van der Waals surface area contributed by atoms with Gasteiger partial charge in [0.1, 0.15) is 5.78 Å². The molecular formula is C30H48O2. The van der Waals surface area contributed by atoms with Gasteiger partial charge in [-0.25, -0.2) is 0 Å². The molecule has 0 unspecified atom stereocenters. The Morgan fingerprint density at radius 2 is 1.47 bits per heavy atom. The van der Waals surface area contributed by atoms with E-state index in [0.29, 0.717) is 35.6 Å². The third-order valence-electron chi connectivity index (χ3n) is 12.7. The predicted molar refractivity (Wildman–Crippen MR) is 131 cm³/mol. The Labute approximate surface area is 197 Å². The number of rotatable bonds is 1. The second-order valence-corrected chi connectivity index (χ2v) is 14.9. The number of fused-ring (bicyclic) bond motifs is 7. The lowest BCUT2D eigenvalue weighted by molar-refractivity contribution is -0.169. The number of hydrogen-bond acceptors (Lipinski definition) is 2. The molecule has 4 fully saturated rings. The molecule has 0 aromatic heterocycles. The predicted octanol–water partition coefficient (Wildman–Crippen LogP) is 7.35. The minimum Gasteiger partial charge on any atom is -0.396 e. The third kappa shape index (κ3) is 2.77.